The first-order valence-electron chi connectivity index (χ1n) is 3.97. The molecule has 0 heterocycles. The molecule has 1 atom stereocenters. The summed E-state index contributed by atoms with van der Waals surface area (Å²) in [6.45, 7) is 3.54. The highest BCUT2D eigenvalue weighted by Gasteiger charge is 2.13. The summed E-state index contributed by atoms with van der Waals surface area (Å²) in [5.74, 6) is -0.359. The number of hydrogen-bond donors (Lipinski definition) is 1. The molecule has 78 valence electrons. The van der Waals surface area contributed by atoms with Gasteiger partial charge in [-0.25, -0.2) is 4.39 Å². The van der Waals surface area contributed by atoms with Crippen LogP contribution in [0, 0.1) is 5.82 Å². The number of nitrogens with two attached hydrogens (primary N) is 1. The van der Waals surface area contributed by atoms with Crippen LogP contribution in [0.15, 0.2) is 30.9 Å². The van der Waals surface area contributed by atoms with Gasteiger partial charge in [-0.2, -0.15) is 0 Å². The minimum Gasteiger partial charge on any atom is -0.324 e. The van der Waals surface area contributed by atoms with Crippen LogP contribution in [0.4, 0.5) is 4.39 Å². The van der Waals surface area contributed by atoms with Gasteiger partial charge >= 0.3 is 0 Å². The highest BCUT2D eigenvalue weighted by molar-refractivity contribution is 6.31. The lowest BCUT2D eigenvalue weighted by atomic mass is 10.0. The van der Waals surface area contributed by atoms with Crippen molar-refractivity contribution in [3.05, 3.63) is 47.3 Å². The molecule has 0 fully saturated rings. The van der Waals surface area contributed by atoms with Crippen molar-refractivity contribution in [1.82, 2.24) is 0 Å². The predicted octanol–water partition coefficient (Wildman–Crippen LogP) is 3.48. The molecule has 14 heavy (non-hydrogen) atoms. The first-order chi connectivity index (χ1) is 6.16. The molecule has 0 bridgehead atoms. The summed E-state index contributed by atoms with van der Waals surface area (Å²) in [5.41, 5.74) is 6.08. The van der Waals surface area contributed by atoms with E-state index in [1.165, 1.54) is 6.07 Å². The lowest BCUT2D eigenvalue weighted by Gasteiger charge is -2.11. The molecule has 0 aromatic heterocycles. The molecule has 0 aliphatic heterocycles. The molecule has 0 aliphatic rings. The molecule has 4 heteroatoms. The molecule has 0 unspecified atom stereocenters. The summed E-state index contributed by atoms with van der Waals surface area (Å²) in [6.07, 6.45) is 2.16. The molecule has 1 rings (SSSR count). The summed E-state index contributed by atoms with van der Waals surface area (Å²) in [5, 5.41) is 0.370. The SMILES string of the molecule is C=CC[C@@H](N)c1c(F)cccc1Cl.Cl. The van der Waals surface area contributed by atoms with Crippen molar-refractivity contribution in [1.29, 1.82) is 0 Å². The molecular weight excluding hydrogens is 224 g/mol. The van der Waals surface area contributed by atoms with Crippen LogP contribution in [0.2, 0.25) is 5.02 Å². The lowest BCUT2D eigenvalue weighted by Crippen LogP contribution is -2.11. The molecule has 0 aliphatic carbocycles. The fourth-order valence-electron chi connectivity index (χ4n) is 1.16. The molecule has 0 saturated carbocycles. The van der Waals surface area contributed by atoms with Crippen LogP contribution in [-0.2, 0) is 0 Å². The van der Waals surface area contributed by atoms with Crippen LogP contribution in [0.3, 0.4) is 0 Å². The van der Waals surface area contributed by atoms with Gasteiger partial charge in [0.15, 0.2) is 0 Å². The van der Waals surface area contributed by atoms with E-state index in [0.29, 0.717) is 17.0 Å². The summed E-state index contributed by atoms with van der Waals surface area (Å²) < 4.78 is 13.2. The standard InChI is InChI=1S/C10H11ClFN.ClH/c1-2-4-9(13)10-7(11)5-3-6-8(10)12;/h2-3,5-6,9H,1,4,13H2;1H/t9-;/m1./s1. The zero-order valence-electron chi connectivity index (χ0n) is 7.54. The van der Waals surface area contributed by atoms with Gasteiger partial charge in [-0.1, -0.05) is 23.7 Å². The van der Waals surface area contributed by atoms with E-state index in [-0.39, 0.29) is 18.2 Å². The number of hydrogen-bond acceptors (Lipinski definition) is 1. The topological polar surface area (TPSA) is 26.0 Å². The molecule has 0 amide bonds. The first-order valence-corrected chi connectivity index (χ1v) is 4.35. The van der Waals surface area contributed by atoms with Gasteiger partial charge in [0.05, 0.1) is 0 Å². The normalized spacial score (nSPS) is 11.6. The monoisotopic (exact) mass is 235 g/mol. The minimum absolute atomic E-state index is 0. The highest BCUT2D eigenvalue weighted by Crippen LogP contribution is 2.26. The minimum atomic E-state index is -0.411. The zero-order valence-corrected chi connectivity index (χ0v) is 9.11. The maximum Gasteiger partial charge on any atom is 0.129 e. The van der Waals surface area contributed by atoms with E-state index in [2.05, 4.69) is 6.58 Å². The second-order valence-electron chi connectivity index (χ2n) is 2.77. The number of rotatable bonds is 3. The van der Waals surface area contributed by atoms with Gasteiger partial charge in [0.2, 0.25) is 0 Å². The van der Waals surface area contributed by atoms with Crippen LogP contribution in [0.5, 0.6) is 0 Å². The van der Waals surface area contributed by atoms with E-state index in [4.69, 9.17) is 17.3 Å². The second kappa shape index (κ2) is 6.02. The number of benzene rings is 1. The van der Waals surface area contributed by atoms with E-state index in [1.807, 2.05) is 0 Å². The van der Waals surface area contributed by atoms with E-state index < -0.39 is 6.04 Å². The summed E-state index contributed by atoms with van der Waals surface area (Å²) in [4.78, 5) is 0. The third-order valence-electron chi connectivity index (χ3n) is 1.79. The molecule has 1 aromatic rings. The molecule has 0 saturated heterocycles. The highest BCUT2D eigenvalue weighted by atomic mass is 35.5. The fraction of sp³-hybridized carbons (Fsp3) is 0.200. The predicted molar refractivity (Wildman–Crippen MR) is 60.4 cm³/mol. The van der Waals surface area contributed by atoms with Crippen LogP contribution in [-0.4, -0.2) is 0 Å². The van der Waals surface area contributed by atoms with E-state index in [9.17, 15) is 4.39 Å². The zero-order chi connectivity index (χ0) is 9.84. The van der Waals surface area contributed by atoms with Crippen molar-refractivity contribution in [2.24, 2.45) is 5.73 Å². The lowest BCUT2D eigenvalue weighted by molar-refractivity contribution is 0.584. The average molecular weight is 236 g/mol. The summed E-state index contributed by atoms with van der Waals surface area (Å²) in [6, 6.07) is 4.13. The Morgan fingerprint density at radius 3 is 2.71 bits per heavy atom. The van der Waals surface area contributed by atoms with E-state index in [1.54, 1.807) is 18.2 Å². The van der Waals surface area contributed by atoms with Crippen molar-refractivity contribution in [3.8, 4) is 0 Å². The van der Waals surface area contributed by atoms with Crippen LogP contribution < -0.4 is 5.73 Å². The van der Waals surface area contributed by atoms with Crippen LogP contribution in [0.1, 0.15) is 18.0 Å². The van der Waals surface area contributed by atoms with Gasteiger partial charge < -0.3 is 5.73 Å². The van der Waals surface area contributed by atoms with Crippen molar-refractivity contribution in [3.63, 3.8) is 0 Å². The Morgan fingerprint density at radius 2 is 2.21 bits per heavy atom. The molecular formula is C10H12Cl2FN. The van der Waals surface area contributed by atoms with Crippen molar-refractivity contribution < 1.29 is 4.39 Å². The van der Waals surface area contributed by atoms with Gasteiger partial charge in [0.1, 0.15) is 5.82 Å². The maximum atomic E-state index is 13.2. The Bertz CT molecular complexity index is 295. The van der Waals surface area contributed by atoms with Gasteiger partial charge in [0.25, 0.3) is 0 Å². The summed E-state index contributed by atoms with van der Waals surface area (Å²) in [7, 11) is 0. The quantitative estimate of drug-likeness (QED) is 0.799. The Kier molecular flexibility index (Phi) is 5.77. The Labute approximate surface area is 94.2 Å². The Morgan fingerprint density at radius 1 is 1.57 bits per heavy atom. The van der Waals surface area contributed by atoms with Gasteiger partial charge in [-0.3, -0.25) is 0 Å². The first kappa shape index (κ1) is 13.4. The third-order valence-corrected chi connectivity index (χ3v) is 2.12. The van der Waals surface area contributed by atoms with Crippen LogP contribution >= 0.6 is 24.0 Å². The largest absolute Gasteiger partial charge is 0.324 e. The van der Waals surface area contributed by atoms with Gasteiger partial charge in [-0.15, -0.1) is 19.0 Å². The average Bonchev–Trinajstić information content (AvgIpc) is 2.04. The van der Waals surface area contributed by atoms with E-state index >= 15 is 0 Å². The molecule has 2 N–H and O–H groups in total. The van der Waals surface area contributed by atoms with Crippen molar-refractivity contribution in [2.75, 3.05) is 0 Å². The molecule has 1 nitrogen and oxygen atoms in total. The third kappa shape index (κ3) is 2.98. The maximum absolute atomic E-state index is 13.2. The van der Waals surface area contributed by atoms with Crippen molar-refractivity contribution in [2.45, 2.75) is 12.5 Å². The van der Waals surface area contributed by atoms with Crippen molar-refractivity contribution >= 4 is 24.0 Å². The second-order valence-corrected chi connectivity index (χ2v) is 3.17. The van der Waals surface area contributed by atoms with E-state index in [0.717, 1.165) is 0 Å². The Balaban J connectivity index is 0.00000169. The molecule has 1 aromatic carbocycles. The van der Waals surface area contributed by atoms with Gasteiger partial charge in [0, 0.05) is 16.6 Å². The molecule has 0 spiro atoms. The van der Waals surface area contributed by atoms with Gasteiger partial charge in [-0.05, 0) is 18.6 Å². The fourth-order valence-corrected chi connectivity index (χ4v) is 1.47. The van der Waals surface area contributed by atoms with Crippen LogP contribution in [0.25, 0.3) is 0 Å². The molecule has 0 radical (unpaired) electrons. The number of halogens is 3. The smallest absolute Gasteiger partial charge is 0.129 e. The Hall–Kier alpha value is -0.570. The summed E-state index contributed by atoms with van der Waals surface area (Å²) >= 11 is 5.81.